The maximum absolute atomic E-state index is 13.4. The minimum Gasteiger partial charge on any atom is -0.477 e. The van der Waals surface area contributed by atoms with Crippen molar-refractivity contribution in [3.63, 3.8) is 0 Å². The van der Waals surface area contributed by atoms with Gasteiger partial charge in [-0.25, -0.2) is 14.8 Å². The van der Waals surface area contributed by atoms with Crippen molar-refractivity contribution in [1.29, 1.82) is 0 Å². The number of fused-ring (bicyclic) bond motifs is 1. The third kappa shape index (κ3) is 3.44. The van der Waals surface area contributed by atoms with Crippen molar-refractivity contribution in [3.8, 4) is 0 Å². The van der Waals surface area contributed by atoms with Gasteiger partial charge in [0.25, 0.3) is 5.91 Å². The standard InChI is InChI=1S/C19H22N4O4/c1-12(17-20-5-2-6-21-17)23(10-13-3-4-13)18(24)14-9-15(19(25)26)22-7-8-27-11-16(14)22/h2,5-6,9,12-13H,3-4,7-8,10-11H2,1H3,(H,25,26). The van der Waals surface area contributed by atoms with Crippen LogP contribution in [0.4, 0.5) is 0 Å². The van der Waals surface area contributed by atoms with Gasteiger partial charge in [0.05, 0.1) is 30.5 Å². The van der Waals surface area contributed by atoms with Crippen molar-refractivity contribution in [3.05, 3.63) is 47.3 Å². The number of carbonyl (C=O) groups excluding carboxylic acids is 1. The van der Waals surface area contributed by atoms with Crippen LogP contribution in [0.15, 0.2) is 24.5 Å². The van der Waals surface area contributed by atoms with E-state index in [4.69, 9.17) is 4.74 Å². The van der Waals surface area contributed by atoms with E-state index in [9.17, 15) is 14.7 Å². The summed E-state index contributed by atoms with van der Waals surface area (Å²) in [4.78, 5) is 35.4. The predicted octanol–water partition coefficient (Wildman–Crippen LogP) is 2.12. The second-order valence-electron chi connectivity index (χ2n) is 7.08. The van der Waals surface area contributed by atoms with Crippen molar-refractivity contribution < 1.29 is 19.4 Å². The molecule has 1 amide bonds. The van der Waals surface area contributed by atoms with Gasteiger partial charge in [-0.05, 0) is 37.8 Å². The molecule has 2 aromatic rings. The van der Waals surface area contributed by atoms with Crippen LogP contribution >= 0.6 is 0 Å². The monoisotopic (exact) mass is 370 g/mol. The van der Waals surface area contributed by atoms with Gasteiger partial charge in [-0.2, -0.15) is 0 Å². The first-order valence-electron chi connectivity index (χ1n) is 9.17. The highest BCUT2D eigenvalue weighted by Gasteiger charge is 2.34. The fourth-order valence-electron chi connectivity index (χ4n) is 3.50. The topological polar surface area (TPSA) is 97.5 Å². The van der Waals surface area contributed by atoms with Gasteiger partial charge in [0.2, 0.25) is 0 Å². The number of hydrogen-bond acceptors (Lipinski definition) is 5. The Bertz CT molecular complexity index is 860. The van der Waals surface area contributed by atoms with Crippen LogP contribution in [-0.4, -0.2) is 49.6 Å². The van der Waals surface area contributed by atoms with Gasteiger partial charge in [-0.3, -0.25) is 4.79 Å². The van der Waals surface area contributed by atoms with Crippen LogP contribution < -0.4 is 0 Å². The van der Waals surface area contributed by atoms with E-state index in [0.717, 1.165) is 12.8 Å². The number of rotatable bonds is 6. The number of amides is 1. The lowest BCUT2D eigenvalue weighted by molar-refractivity contribution is 0.0614. The second kappa shape index (κ2) is 7.11. The number of aromatic carboxylic acids is 1. The van der Waals surface area contributed by atoms with Gasteiger partial charge >= 0.3 is 5.97 Å². The normalized spacial score (nSPS) is 17.2. The third-order valence-electron chi connectivity index (χ3n) is 5.20. The molecule has 8 heteroatoms. The molecule has 3 heterocycles. The van der Waals surface area contributed by atoms with Crippen LogP contribution in [0.2, 0.25) is 0 Å². The van der Waals surface area contributed by atoms with Crippen molar-refractivity contribution >= 4 is 11.9 Å². The molecule has 8 nitrogen and oxygen atoms in total. The summed E-state index contributed by atoms with van der Waals surface area (Å²) in [6, 6.07) is 2.92. The van der Waals surface area contributed by atoms with Crippen LogP contribution in [-0.2, 0) is 17.9 Å². The van der Waals surface area contributed by atoms with Crippen molar-refractivity contribution in [2.45, 2.75) is 39.0 Å². The summed E-state index contributed by atoms with van der Waals surface area (Å²) in [5, 5.41) is 9.51. The quantitative estimate of drug-likeness (QED) is 0.836. The lowest BCUT2D eigenvalue weighted by atomic mass is 10.1. The Labute approximate surface area is 156 Å². The van der Waals surface area contributed by atoms with Crippen LogP contribution in [0, 0.1) is 5.92 Å². The van der Waals surface area contributed by atoms with E-state index in [1.165, 1.54) is 6.07 Å². The average Bonchev–Trinajstić information content (AvgIpc) is 3.43. The number of nitrogens with zero attached hydrogens (tertiary/aromatic N) is 4. The molecular weight excluding hydrogens is 348 g/mol. The minimum atomic E-state index is -1.04. The highest BCUT2D eigenvalue weighted by molar-refractivity contribution is 5.99. The Morgan fingerprint density at radius 1 is 1.37 bits per heavy atom. The maximum Gasteiger partial charge on any atom is 0.352 e. The van der Waals surface area contributed by atoms with Crippen LogP contribution in [0.25, 0.3) is 0 Å². The van der Waals surface area contributed by atoms with Crippen molar-refractivity contribution in [2.75, 3.05) is 13.2 Å². The molecule has 0 bridgehead atoms. The molecule has 27 heavy (non-hydrogen) atoms. The van der Waals surface area contributed by atoms with E-state index in [0.29, 0.717) is 42.7 Å². The van der Waals surface area contributed by atoms with Crippen molar-refractivity contribution in [2.24, 2.45) is 5.92 Å². The molecule has 0 saturated heterocycles. The highest BCUT2D eigenvalue weighted by Crippen LogP contribution is 2.34. The van der Waals surface area contributed by atoms with Gasteiger partial charge in [0, 0.05) is 25.5 Å². The summed E-state index contributed by atoms with van der Waals surface area (Å²) in [7, 11) is 0. The largest absolute Gasteiger partial charge is 0.477 e. The Hall–Kier alpha value is -2.74. The summed E-state index contributed by atoms with van der Waals surface area (Å²) in [6.45, 7) is 3.64. The Kier molecular flexibility index (Phi) is 4.65. The SMILES string of the molecule is CC(c1ncccn1)N(CC1CC1)C(=O)c1cc(C(=O)O)n2c1COCC2. The van der Waals surface area contributed by atoms with E-state index in [1.54, 1.807) is 27.9 Å². The lowest BCUT2D eigenvalue weighted by Gasteiger charge is -2.29. The Balaban J connectivity index is 1.70. The molecule has 1 aliphatic heterocycles. The van der Waals surface area contributed by atoms with Gasteiger partial charge in [-0.1, -0.05) is 0 Å². The first-order chi connectivity index (χ1) is 13.1. The number of ether oxygens (including phenoxy) is 1. The molecule has 142 valence electrons. The third-order valence-corrected chi connectivity index (χ3v) is 5.20. The first-order valence-corrected chi connectivity index (χ1v) is 9.17. The summed E-state index contributed by atoms with van der Waals surface area (Å²) in [5.74, 6) is -0.169. The summed E-state index contributed by atoms with van der Waals surface area (Å²) in [6.07, 6.45) is 5.53. The molecule has 2 aromatic heterocycles. The van der Waals surface area contributed by atoms with Gasteiger partial charge < -0.3 is 19.3 Å². The predicted molar refractivity (Wildman–Crippen MR) is 95.3 cm³/mol. The molecule has 1 fully saturated rings. The average molecular weight is 370 g/mol. The number of carboxylic acids is 1. The van der Waals surface area contributed by atoms with Gasteiger partial charge in [0.15, 0.2) is 0 Å². The summed E-state index contributed by atoms with van der Waals surface area (Å²) < 4.78 is 7.17. The molecule has 1 atom stereocenters. The summed E-state index contributed by atoms with van der Waals surface area (Å²) in [5.41, 5.74) is 1.16. The van der Waals surface area contributed by atoms with E-state index in [-0.39, 0.29) is 24.2 Å². The van der Waals surface area contributed by atoms with Gasteiger partial charge in [0.1, 0.15) is 11.5 Å². The second-order valence-corrected chi connectivity index (χ2v) is 7.08. The fraction of sp³-hybridized carbons (Fsp3) is 0.474. The first kappa shape index (κ1) is 17.7. The zero-order valence-electron chi connectivity index (χ0n) is 15.2. The molecule has 2 aliphatic rings. The van der Waals surface area contributed by atoms with E-state index >= 15 is 0 Å². The number of hydrogen-bond donors (Lipinski definition) is 1. The number of aromatic nitrogens is 3. The molecule has 1 saturated carbocycles. The molecule has 4 rings (SSSR count). The molecule has 0 spiro atoms. The van der Waals surface area contributed by atoms with E-state index in [2.05, 4.69) is 9.97 Å². The lowest BCUT2D eigenvalue weighted by Crippen LogP contribution is -2.36. The minimum absolute atomic E-state index is 0.131. The molecule has 1 aliphatic carbocycles. The fourth-order valence-corrected chi connectivity index (χ4v) is 3.50. The van der Waals surface area contributed by atoms with E-state index < -0.39 is 5.97 Å². The molecule has 1 N–H and O–H groups in total. The highest BCUT2D eigenvalue weighted by atomic mass is 16.5. The molecule has 0 aromatic carbocycles. The molecular formula is C19H22N4O4. The number of carboxylic acid groups (broad SMARTS) is 1. The molecule has 1 unspecified atom stereocenters. The maximum atomic E-state index is 13.4. The van der Waals surface area contributed by atoms with Crippen molar-refractivity contribution in [1.82, 2.24) is 19.4 Å². The zero-order chi connectivity index (χ0) is 19.0. The van der Waals surface area contributed by atoms with Crippen LogP contribution in [0.1, 0.15) is 58.2 Å². The summed E-state index contributed by atoms with van der Waals surface area (Å²) >= 11 is 0. The smallest absolute Gasteiger partial charge is 0.352 e. The molecule has 0 radical (unpaired) electrons. The Morgan fingerprint density at radius 2 is 2.11 bits per heavy atom. The Morgan fingerprint density at radius 3 is 2.78 bits per heavy atom. The van der Waals surface area contributed by atoms with E-state index in [1.807, 2.05) is 6.92 Å². The van der Waals surface area contributed by atoms with Crippen LogP contribution in [0.5, 0.6) is 0 Å². The van der Waals surface area contributed by atoms with Crippen LogP contribution in [0.3, 0.4) is 0 Å². The number of carbonyl (C=O) groups is 2. The van der Waals surface area contributed by atoms with Gasteiger partial charge in [-0.15, -0.1) is 0 Å². The zero-order valence-corrected chi connectivity index (χ0v) is 15.2.